The van der Waals surface area contributed by atoms with Gasteiger partial charge in [0.2, 0.25) is 5.91 Å². The first-order valence-electron chi connectivity index (χ1n) is 5.71. The summed E-state index contributed by atoms with van der Waals surface area (Å²) in [5, 5.41) is 15.0. The number of aliphatic hydroxyl groups excluding tert-OH is 1. The topological polar surface area (TPSA) is 61.4 Å². The van der Waals surface area contributed by atoms with E-state index in [4.69, 9.17) is 5.11 Å². The van der Waals surface area contributed by atoms with E-state index in [1.807, 2.05) is 13.8 Å². The minimum Gasteiger partial charge on any atom is -0.396 e. The Bertz CT molecular complexity index is 213. The molecule has 0 aromatic heterocycles. The molecule has 88 valence electrons. The SMILES string of the molecule is CC(CCO)NC(=O)C1(C)CCNCC1. The highest BCUT2D eigenvalue weighted by Gasteiger charge is 2.34. The van der Waals surface area contributed by atoms with Gasteiger partial charge in [0.05, 0.1) is 0 Å². The predicted octanol–water partition coefficient (Wildman–Crippen LogP) is 0.263. The summed E-state index contributed by atoms with van der Waals surface area (Å²) in [5.74, 6) is 0.130. The van der Waals surface area contributed by atoms with Crippen LogP contribution in [0.5, 0.6) is 0 Å². The van der Waals surface area contributed by atoms with Crippen molar-refractivity contribution in [2.45, 2.75) is 39.2 Å². The second-order valence-corrected chi connectivity index (χ2v) is 4.70. The van der Waals surface area contributed by atoms with E-state index in [0.717, 1.165) is 25.9 Å². The van der Waals surface area contributed by atoms with E-state index >= 15 is 0 Å². The van der Waals surface area contributed by atoms with E-state index in [2.05, 4.69) is 10.6 Å². The largest absolute Gasteiger partial charge is 0.396 e. The lowest BCUT2D eigenvalue weighted by molar-refractivity contribution is -0.132. The minimum absolute atomic E-state index is 0.0641. The van der Waals surface area contributed by atoms with E-state index in [-0.39, 0.29) is 24.0 Å². The molecule has 1 fully saturated rings. The Morgan fingerprint density at radius 2 is 2.13 bits per heavy atom. The van der Waals surface area contributed by atoms with Gasteiger partial charge in [0.15, 0.2) is 0 Å². The van der Waals surface area contributed by atoms with Gasteiger partial charge in [-0.2, -0.15) is 0 Å². The van der Waals surface area contributed by atoms with Crippen molar-refractivity contribution in [1.29, 1.82) is 0 Å². The first-order valence-corrected chi connectivity index (χ1v) is 5.71. The Balaban J connectivity index is 2.44. The first kappa shape index (κ1) is 12.5. The van der Waals surface area contributed by atoms with Crippen molar-refractivity contribution in [3.05, 3.63) is 0 Å². The Kier molecular flexibility index (Phi) is 4.54. The number of hydrogen-bond donors (Lipinski definition) is 3. The first-order chi connectivity index (χ1) is 7.08. The van der Waals surface area contributed by atoms with Crippen LogP contribution in [0.4, 0.5) is 0 Å². The van der Waals surface area contributed by atoms with Crippen LogP contribution in [0.1, 0.15) is 33.1 Å². The molecule has 1 unspecified atom stereocenters. The molecule has 1 saturated heterocycles. The average molecular weight is 214 g/mol. The minimum atomic E-state index is -0.227. The van der Waals surface area contributed by atoms with Crippen molar-refractivity contribution in [3.8, 4) is 0 Å². The van der Waals surface area contributed by atoms with Gasteiger partial charge in [-0.3, -0.25) is 4.79 Å². The molecule has 0 aromatic rings. The van der Waals surface area contributed by atoms with Crippen LogP contribution in [0.15, 0.2) is 0 Å². The van der Waals surface area contributed by atoms with Crippen LogP contribution in [-0.2, 0) is 4.79 Å². The summed E-state index contributed by atoms with van der Waals surface area (Å²) >= 11 is 0. The maximum Gasteiger partial charge on any atom is 0.226 e. The lowest BCUT2D eigenvalue weighted by Gasteiger charge is -2.33. The standard InChI is InChI=1S/C11H22N2O2/c1-9(3-8-14)13-10(15)11(2)4-6-12-7-5-11/h9,12,14H,3-8H2,1-2H3,(H,13,15). The lowest BCUT2D eigenvalue weighted by atomic mass is 9.80. The summed E-state index contributed by atoms with van der Waals surface area (Å²) in [6, 6.07) is 0.0641. The molecule has 15 heavy (non-hydrogen) atoms. The highest BCUT2D eigenvalue weighted by molar-refractivity contribution is 5.82. The molecule has 1 amide bonds. The lowest BCUT2D eigenvalue weighted by Crippen LogP contribution is -2.48. The van der Waals surface area contributed by atoms with E-state index in [0.29, 0.717) is 6.42 Å². The normalized spacial score (nSPS) is 22.1. The van der Waals surface area contributed by atoms with Gasteiger partial charge < -0.3 is 15.7 Å². The zero-order valence-corrected chi connectivity index (χ0v) is 9.68. The van der Waals surface area contributed by atoms with Crippen LogP contribution in [0.25, 0.3) is 0 Å². The molecule has 4 nitrogen and oxygen atoms in total. The third-order valence-electron chi connectivity index (χ3n) is 3.19. The molecule has 1 heterocycles. The molecule has 0 radical (unpaired) electrons. The van der Waals surface area contributed by atoms with Crippen molar-refractivity contribution < 1.29 is 9.90 Å². The fraction of sp³-hybridized carbons (Fsp3) is 0.909. The average Bonchev–Trinajstić information content (AvgIpc) is 2.19. The Labute approximate surface area is 91.4 Å². The van der Waals surface area contributed by atoms with Crippen LogP contribution in [0.2, 0.25) is 0 Å². The number of aliphatic hydroxyl groups is 1. The molecular weight excluding hydrogens is 192 g/mol. The Morgan fingerprint density at radius 1 is 1.53 bits per heavy atom. The second-order valence-electron chi connectivity index (χ2n) is 4.70. The zero-order valence-electron chi connectivity index (χ0n) is 9.68. The third-order valence-corrected chi connectivity index (χ3v) is 3.19. The highest BCUT2D eigenvalue weighted by atomic mass is 16.3. The zero-order chi connectivity index (χ0) is 11.3. The van der Waals surface area contributed by atoms with Gasteiger partial charge >= 0.3 is 0 Å². The smallest absolute Gasteiger partial charge is 0.226 e. The number of carbonyl (C=O) groups excluding carboxylic acids is 1. The van der Waals surface area contributed by atoms with Gasteiger partial charge in [-0.1, -0.05) is 6.92 Å². The van der Waals surface area contributed by atoms with Crippen LogP contribution in [0.3, 0.4) is 0 Å². The van der Waals surface area contributed by atoms with Gasteiger partial charge in [0.1, 0.15) is 0 Å². The molecule has 0 aliphatic carbocycles. The fourth-order valence-corrected chi connectivity index (χ4v) is 1.87. The van der Waals surface area contributed by atoms with Crippen molar-refractivity contribution in [1.82, 2.24) is 10.6 Å². The molecule has 4 heteroatoms. The van der Waals surface area contributed by atoms with Gasteiger partial charge in [-0.05, 0) is 39.3 Å². The van der Waals surface area contributed by atoms with Crippen LogP contribution >= 0.6 is 0 Å². The van der Waals surface area contributed by atoms with E-state index in [9.17, 15) is 4.79 Å². The van der Waals surface area contributed by atoms with Gasteiger partial charge in [0.25, 0.3) is 0 Å². The number of piperidine rings is 1. The molecule has 0 aromatic carbocycles. The number of rotatable bonds is 4. The molecule has 1 aliphatic heterocycles. The van der Waals surface area contributed by atoms with Crippen LogP contribution in [0, 0.1) is 5.41 Å². The van der Waals surface area contributed by atoms with Gasteiger partial charge in [0, 0.05) is 18.1 Å². The molecule has 3 N–H and O–H groups in total. The molecule has 0 saturated carbocycles. The summed E-state index contributed by atoms with van der Waals surface area (Å²) in [5.41, 5.74) is -0.227. The molecule has 1 atom stereocenters. The van der Waals surface area contributed by atoms with Crippen molar-refractivity contribution in [3.63, 3.8) is 0 Å². The quantitative estimate of drug-likeness (QED) is 0.629. The number of nitrogens with one attached hydrogen (secondary N) is 2. The van der Waals surface area contributed by atoms with Crippen LogP contribution < -0.4 is 10.6 Å². The Morgan fingerprint density at radius 3 is 2.67 bits per heavy atom. The van der Waals surface area contributed by atoms with E-state index in [1.54, 1.807) is 0 Å². The molecule has 0 spiro atoms. The van der Waals surface area contributed by atoms with Crippen molar-refractivity contribution in [2.24, 2.45) is 5.41 Å². The molecule has 1 rings (SSSR count). The summed E-state index contributed by atoms with van der Waals surface area (Å²) in [6.07, 6.45) is 2.41. The maximum absolute atomic E-state index is 12.0. The fourth-order valence-electron chi connectivity index (χ4n) is 1.87. The summed E-state index contributed by atoms with van der Waals surface area (Å²) in [7, 11) is 0. The molecular formula is C11H22N2O2. The van der Waals surface area contributed by atoms with E-state index in [1.165, 1.54) is 0 Å². The number of hydrogen-bond acceptors (Lipinski definition) is 3. The second kappa shape index (κ2) is 5.47. The Hall–Kier alpha value is -0.610. The highest BCUT2D eigenvalue weighted by Crippen LogP contribution is 2.28. The van der Waals surface area contributed by atoms with E-state index < -0.39 is 0 Å². The third kappa shape index (κ3) is 3.47. The molecule has 1 aliphatic rings. The summed E-state index contributed by atoms with van der Waals surface area (Å²) in [6.45, 7) is 5.91. The van der Waals surface area contributed by atoms with Gasteiger partial charge in [-0.15, -0.1) is 0 Å². The molecule has 0 bridgehead atoms. The van der Waals surface area contributed by atoms with Crippen LogP contribution in [-0.4, -0.2) is 36.8 Å². The number of amides is 1. The van der Waals surface area contributed by atoms with Gasteiger partial charge in [-0.25, -0.2) is 0 Å². The summed E-state index contributed by atoms with van der Waals surface area (Å²) in [4.78, 5) is 12.0. The number of carbonyl (C=O) groups is 1. The van der Waals surface area contributed by atoms with Crippen molar-refractivity contribution in [2.75, 3.05) is 19.7 Å². The predicted molar refractivity (Wildman–Crippen MR) is 59.5 cm³/mol. The van der Waals surface area contributed by atoms with Crippen molar-refractivity contribution >= 4 is 5.91 Å². The maximum atomic E-state index is 12.0. The summed E-state index contributed by atoms with van der Waals surface area (Å²) < 4.78 is 0. The monoisotopic (exact) mass is 214 g/mol.